The highest BCUT2D eigenvalue weighted by molar-refractivity contribution is 5.94. The lowest BCUT2D eigenvalue weighted by molar-refractivity contribution is 0.0796. The Kier molecular flexibility index (Phi) is 5.05. The number of ether oxygens (including phenoxy) is 2. The van der Waals surface area contributed by atoms with Gasteiger partial charge in [0, 0.05) is 49.5 Å². The van der Waals surface area contributed by atoms with Gasteiger partial charge in [0.2, 0.25) is 6.79 Å². The van der Waals surface area contributed by atoms with Crippen molar-refractivity contribution in [3.63, 3.8) is 0 Å². The predicted octanol–water partition coefficient (Wildman–Crippen LogP) is 3.26. The summed E-state index contributed by atoms with van der Waals surface area (Å²) in [5.41, 5.74) is 2.54. The van der Waals surface area contributed by atoms with Gasteiger partial charge < -0.3 is 19.7 Å². The quantitative estimate of drug-likeness (QED) is 0.712. The number of fused-ring (bicyclic) bond motifs is 1. The zero-order valence-corrected chi connectivity index (χ0v) is 15.5. The summed E-state index contributed by atoms with van der Waals surface area (Å²) >= 11 is 0. The predicted molar refractivity (Wildman–Crippen MR) is 105 cm³/mol. The smallest absolute Gasteiger partial charge is 0.253 e. The van der Waals surface area contributed by atoms with E-state index in [4.69, 9.17) is 9.47 Å². The number of aromatic nitrogens is 2. The molecule has 0 saturated heterocycles. The fourth-order valence-electron chi connectivity index (χ4n) is 2.92. The van der Waals surface area contributed by atoms with Crippen LogP contribution in [0.15, 0.2) is 61.1 Å². The second kappa shape index (κ2) is 7.96. The number of hydrogen-bond acceptors (Lipinski definition) is 6. The second-order valence-electron chi connectivity index (χ2n) is 6.45. The number of nitrogens with one attached hydrogen (secondary N) is 1. The minimum atomic E-state index is -0.0507. The van der Waals surface area contributed by atoms with Crippen molar-refractivity contribution in [3.8, 4) is 11.5 Å². The summed E-state index contributed by atoms with van der Waals surface area (Å²) in [4.78, 5) is 22.8. The van der Waals surface area contributed by atoms with Gasteiger partial charge in [-0.05, 0) is 48.4 Å². The number of carbonyl (C=O) groups is 1. The van der Waals surface area contributed by atoms with Crippen molar-refractivity contribution in [2.75, 3.05) is 25.7 Å². The fraction of sp³-hybridized carbons (Fsp3) is 0.190. The maximum absolute atomic E-state index is 12.7. The summed E-state index contributed by atoms with van der Waals surface area (Å²) in [6.45, 7) is 0.850. The Bertz CT molecular complexity index is 978. The number of likely N-dealkylation sites (N-methyl/N-ethyl adjacent to an activating group) is 1. The molecule has 3 aromatic rings. The molecular formula is C21H20N4O3. The van der Waals surface area contributed by atoms with Crippen molar-refractivity contribution in [1.29, 1.82) is 0 Å². The molecule has 2 aromatic heterocycles. The third-order valence-corrected chi connectivity index (χ3v) is 4.48. The Balaban J connectivity index is 1.41. The van der Waals surface area contributed by atoms with E-state index in [1.54, 1.807) is 42.7 Å². The van der Waals surface area contributed by atoms with Crippen molar-refractivity contribution in [2.24, 2.45) is 0 Å². The fourth-order valence-corrected chi connectivity index (χ4v) is 2.92. The van der Waals surface area contributed by atoms with Gasteiger partial charge in [0.15, 0.2) is 11.5 Å². The Morgan fingerprint density at radius 3 is 2.75 bits per heavy atom. The third-order valence-electron chi connectivity index (χ3n) is 4.48. The van der Waals surface area contributed by atoms with Crippen LogP contribution < -0.4 is 14.8 Å². The average Bonchev–Trinajstić information content (AvgIpc) is 3.20. The molecule has 0 spiro atoms. The molecule has 1 aliphatic heterocycles. The molecule has 0 aliphatic carbocycles. The van der Waals surface area contributed by atoms with E-state index in [0.717, 1.165) is 23.4 Å². The van der Waals surface area contributed by atoms with Gasteiger partial charge in [0.1, 0.15) is 5.82 Å². The Labute approximate surface area is 163 Å². The van der Waals surface area contributed by atoms with E-state index in [0.29, 0.717) is 23.7 Å². The molecule has 7 heteroatoms. The molecule has 1 N–H and O–H groups in total. The van der Waals surface area contributed by atoms with Crippen molar-refractivity contribution >= 4 is 17.4 Å². The number of carbonyl (C=O) groups excluding carboxylic acids is 1. The van der Waals surface area contributed by atoms with E-state index >= 15 is 0 Å². The van der Waals surface area contributed by atoms with Crippen LogP contribution in [0.3, 0.4) is 0 Å². The molecule has 7 nitrogen and oxygen atoms in total. The lowest BCUT2D eigenvalue weighted by atomic mass is 10.2. The summed E-state index contributed by atoms with van der Waals surface area (Å²) in [7, 11) is 1.80. The summed E-state index contributed by atoms with van der Waals surface area (Å²) in [5.74, 6) is 1.95. The first-order chi connectivity index (χ1) is 13.7. The minimum Gasteiger partial charge on any atom is -0.454 e. The van der Waals surface area contributed by atoms with Gasteiger partial charge >= 0.3 is 0 Å². The first kappa shape index (κ1) is 17.8. The molecule has 4 rings (SSSR count). The Hall–Kier alpha value is -3.61. The summed E-state index contributed by atoms with van der Waals surface area (Å²) in [5, 5.41) is 3.20. The molecule has 1 amide bonds. The van der Waals surface area contributed by atoms with E-state index in [-0.39, 0.29) is 12.7 Å². The first-order valence-electron chi connectivity index (χ1n) is 8.96. The van der Waals surface area contributed by atoms with E-state index in [9.17, 15) is 4.79 Å². The molecule has 1 aliphatic rings. The van der Waals surface area contributed by atoms with Crippen molar-refractivity contribution in [1.82, 2.24) is 14.9 Å². The number of anilines is 2. The van der Waals surface area contributed by atoms with Gasteiger partial charge in [-0.15, -0.1) is 0 Å². The maximum atomic E-state index is 12.7. The van der Waals surface area contributed by atoms with Gasteiger partial charge in [0.25, 0.3) is 5.91 Å². The van der Waals surface area contributed by atoms with Gasteiger partial charge in [-0.1, -0.05) is 0 Å². The molecule has 28 heavy (non-hydrogen) atoms. The van der Waals surface area contributed by atoms with Gasteiger partial charge in [-0.3, -0.25) is 9.78 Å². The Morgan fingerprint density at radius 2 is 1.89 bits per heavy atom. The molecule has 3 heterocycles. The average molecular weight is 376 g/mol. The topological polar surface area (TPSA) is 76.6 Å². The molecule has 0 bridgehead atoms. The van der Waals surface area contributed by atoms with Crippen LogP contribution in [0.2, 0.25) is 0 Å². The molecule has 0 fully saturated rings. The molecule has 1 aromatic carbocycles. The number of pyridine rings is 2. The van der Waals surface area contributed by atoms with E-state index in [1.165, 1.54) is 0 Å². The normalized spacial score (nSPS) is 11.9. The molecule has 0 saturated carbocycles. The van der Waals surface area contributed by atoms with Gasteiger partial charge in [-0.2, -0.15) is 0 Å². The van der Waals surface area contributed by atoms with Crippen LogP contribution in [-0.2, 0) is 6.42 Å². The molecule has 0 atom stereocenters. The largest absolute Gasteiger partial charge is 0.454 e. The van der Waals surface area contributed by atoms with Crippen LogP contribution >= 0.6 is 0 Å². The highest BCUT2D eigenvalue weighted by atomic mass is 16.7. The third kappa shape index (κ3) is 4.03. The summed E-state index contributed by atoms with van der Waals surface area (Å²) < 4.78 is 10.7. The molecule has 0 unspecified atom stereocenters. The van der Waals surface area contributed by atoms with Crippen LogP contribution in [0.4, 0.5) is 11.5 Å². The minimum absolute atomic E-state index is 0.0507. The van der Waals surface area contributed by atoms with Crippen molar-refractivity contribution in [3.05, 3.63) is 72.2 Å². The van der Waals surface area contributed by atoms with Crippen LogP contribution in [0.1, 0.15) is 15.9 Å². The lowest BCUT2D eigenvalue weighted by Gasteiger charge is -2.17. The number of hydrogen-bond donors (Lipinski definition) is 1. The number of amides is 1. The lowest BCUT2D eigenvalue weighted by Crippen LogP contribution is -2.28. The van der Waals surface area contributed by atoms with Crippen LogP contribution in [0.25, 0.3) is 0 Å². The maximum Gasteiger partial charge on any atom is 0.253 e. The zero-order chi connectivity index (χ0) is 19.3. The molecular weight excluding hydrogens is 356 g/mol. The van der Waals surface area contributed by atoms with Crippen LogP contribution in [-0.4, -0.2) is 41.2 Å². The highest BCUT2D eigenvalue weighted by Crippen LogP contribution is 2.34. The molecule has 142 valence electrons. The number of nitrogens with zero attached hydrogens (tertiary/aromatic N) is 3. The van der Waals surface area contributed by atoms with Crippen molar-refractivity contribution < 1.29 is 14.3 Å². The van der Waals surface area contributed by atoms with Gasteiger partial charge in [0.05, 0.1) is 0 Å². The van der Waals surface area contributed by atoms with E-state index in [1.807, 2.05) is 30.3 Å². The van der Waals surface area contributed by atoms with E-state index in [2.05, 4.69) is 15.3 Å². The number of rotatable bonds is 6. The monoisotopic (exact) mass is 376 g/mol. The van der Waals surface area contributed by atoms with Crippen LogP contribution in [0, 0.1) is 0 Å². The standard InChI is InChI=1S/C21H20N4O3/c1-25(11-7-15-4-8-22-9-5-15)21(26)16-6-10-23-20(12-16)24-17-2-3-18-19(13-17)28-14-27-18/h2-6,8-10,12-13H,7,11,14H2,1H3,(H,23,24). The van der Waals surface area contributed by atoms with Gasteiger partial charge in [-0.25, -0.2) is 4.98 Å². The van der Waals surface area contributed by atoms with Crippen LogP contribution in [0.5, 0.6) is 11.5 Å². The highest BCUT2D eigenvalue weighted by Gasteiger charge is 2.15. The first-order valence-corrected chi connectivity index (χ1v) is 8.96. The summed E-state index contributed by atoms with van der Waals surface area (Å²) in [6.07, 6.45) is 5.92. The number of benzene rings is 1. The Morgan fingerprint density at radius 1 is 1.07 bits per heavy atom. The second-order valence-corrected chi connectivity index (χ2v) is 6.45. The summed E-state index contributed by atoms with van der Waals surface area (Å²) in [6, 6.07) is 12.9. The SMILES string of the molecule is CN(CCc1ccncc1)C(=O)c1ccnc(Nc2ccc3c(c2)OCO3)c1. The van der Waals surface area contributed by atoms with E-state index < -0.39 is 0 Å². The molecule has 0 radical (unpaired) electrons. The zero-order valence-electron chi connectivity index (χ0n) is 15.5. The van der Waals surface area contributed by atoms with Crippen molar-refractivity contribution in [2.45, 2.75) is 6.42 Å².